The Morgan fingerprint density at radius 1 is 1.10 bits per heavy atom. The first-order valence-electron chi connectivity index (χ1n) is 10.5. The average molecular weight is 412 g/mol. The summed E-state index contributed by atoms with van der Waals surface area (Å²) in [7, 11) is 0. The quantitative estimate of drug-likeness (QED) is 0.653. The molecule has 3 N–H and O–H groups in total. The number of nitrogens with one attached hydrogen (secondary N) is 1. The molecule has 0 atom stereocenters. The van der Waals surface area contributed by atoms with Crippen molar-refractivity contribution in [2.45, 2.75) is 27.3 Å². The number of aromatic nitrogens is 2. The molecule has 2 aromatic carbocycles. The molecule has 1 aromatic heterocycles. The number of hydrogen-bond acceptors (Lipinski definition) is 5. The second kappa shape index (κ2) is 8.62. The molecule has 7 heteroatoms. The maximum absolute atomic E-state index is 14.2. The monoisotopic (exact) mass is 411 g/mol. The predicted octanol–water partition coefficient (Wildman–Crippen LogP) is 2.90. The number of benzene rings is 2. The number of rotatable bonds is 6. The highest BCUT2D eigenvalue weighted by atomic mass is 19.1. The van der Waals surface area contributed by atoms with Crippen molar-refractivity contribution >= 4 is 17.0 Å². The van der Waals surface area contributed by atoms with Gasteiger partial charge in [0.25, 0.3) is 0 Å². The fourth-order valence-corrected chi connectivity index (χ4v) is 4.16. The number of nitrogens with zero attached hydrogens (tertiary/aromatic N) is 3. The van der Waals surface area contributed by atoms with Gasteiger partial charge in [-0.1, -0.05) is 12.1 Å². The summed E-state index contributed by atoms with van der Waals surface area (Å²) in [6.07, 6.45) is 0. The largest absolute Gasteiger partial charge is 0.490 e. The first-order chi connectivity index (χ1) is 14.5. The Morgan fingerprint density at radius 3 is 2.47 bits per heavy atom. The third-order valence-electron chi connectivity index (χ3n) is 5.56. The van der Waals surface area contributed by atoms with Gasteiger partial charge in [0.15, 0.2) is 0 Å². The maximum atomic E-state index is 14.2. The minimum atomic E-state index is -0.134. The maximum Gasteiger partial charge on any atom is 0.207 e. The lowest BCUT2D eigenvalue weighted by atomic mass is 10.1. The Morgan fingerprint density at radius 2 is 1.80 bits per heavy atom. The van der Waals surface area contributed by atoms with Gasteiger partial charge in [0.2, 0.25) is 5.95 Å². The SMILES string of the molecule is Cc1cc(OCCN)c2nc(N3CCNCC3)n(Cc3cc(C)c(F)c(C)c3)c2c1. The fourth-order valence-electron chi connectivity index (χ4n) is 4.16. The van der Waals surface area contributed by atoms with Crippen LogP contribution >= 0.6 is 0 Å². The molecule has 1 aliphatic rings. The van der Waals surface area contributed by atoms with Crippen LogP contribution in [0.4, 0.5) is 10.3 Å². The van der Waals surface area contributed by atoms with Crippen LogP contribution in [0.3, 0.4) is 0 Å². The summed E-state index contributed by atoms with van der Waals surface area (Å²) >= 11 is 0. The third kappa shape index (κ3) is 4.00. The highest BCUT2D eigenvalue weighted by Crippen LogP contribution is 2.32. The van der Waals surface area contributed by atoms with Crippen LogP contribution in [0.5, 0.6) is 5.75 Å². The second-order valence-electron chi connectivity index (χ2n) is 8.05. The predicted molar refractivity (Wildman–Crippen MR) is 119 cm³/mol. The molecule has 3 aromatic rings. The van der Waals surface area contributed by atoms with Crippen LogP contribution in [0.25, 0.3) is 11.0 Å². The van der Waals surface area contributed by atoms with Gasteiger partial charge in [-0.05, 0) is 55.2 Å². The highest BCUT2D eigenvalue weighted by molar-refractivity contribution is 5.86. The van der Waals surface area contributed by atoms with Crippen molar-refractivity contribution < 1.29 is 9.13 Å². The molecule has 0 amide bonds. The molecule has 0 bridgehead atoms. The molecule has 160 valence electrons. The molecule has 6 nitrogen and oxygen atoms in total. The second-order valence-corrected chi connectivity index (χ2v) is 8.05. The molecule has 0 spiro atoms. The van der Waals surface area contributed by atoms with Gasteiger partial charge in [0.1, 0.15) is 23.7 Å². The number of nitrogens with two attached hydrogens (primary N) is 1. The van der Waals surface area contributed by atoms with Crippen molar-refractivity contribution in [2.24, 2.45) is 5.73 Å². The number of aryl methyl sites for hydroxylation is 3. The van der Waals surface area contributed by atoms with Gasteiger partial charge in [0.05, 0.1) is 12.1 Å². The van der Waals surface area contributed by atoms with E-state index in [1.807, 2.05) is 32.0 Å². The van der Waals surface area contributed by atoms with E-state index in [0.29, 0.717) is 30.8 Å². The Kier molecular flexibility index (Phi) is 5.92. The van der Waals surface area contributed by atoms with E-state index in [1.165, 1.54) is 0 Å². The van der Waals surface area contributed by atoms with Crippen LogP contribution in [-0.4, -0.2) is 48.9 Å². The van der Waals surface area contributed by atoms with E-state index in [4.69, 9.17) is 15.5 Å². The van der Waals surface area contributed by atoms with Crippen molar-refractivity contribution in [3.05, 3.63) is 52.3 Å². The van der Waals surface area contributed by atoms with Crippen LogP contribution in [0.2, 0.25) is 0 Å². The lowest BCUT2D eigenvalue weighted by molar-refractivity contribution is 0.331. The summed E-state index contributed by atoms with van der Waals surface area (Å²) in [5.41, 5.74) is 11.0. The normalized spacial score (nSPS) is 14.5. The molecule has 1 fully saturated rings. The minimum absolute atomic E-state index is 0.134. The Hall–Kier alpha value is -2.64. The Bertz CT molecular complexity index is 1030. The van der Waals surface area contributed by atoms with Crippen molar-refractivity contribution in [3.8, 4) is 5.75 Å². The van der Waals surface area contributed by atoms with Gasteiger partial charge in [-0.3, -0.25) is 0 Å². The van der Waals surface area contributed by atoms with Gasteiger partial charge in [-0.15, -0.1) is 0 Å². The van der Waals surface area contributed by atoms with E-state index < -0.39 is 0 Å². The number of ether oxygens (including phenoxy) is 1. The standard InChI is InChI=1S/C23H30FN5O/c1-15-10-19-22(20(11-15)30-9-4-25)27-23(28-7-5-26-6-8-28)29(19)14-18-12-16(2)21(24)17(3)13-18/h10-13,26H,4-9,14,25H2,1-3H3. The van der Waals surface area contributed by atoms with Crippen LogP contribution in [-0.2, 0) is 6.54 Å². The summed E-state index contributed by atoms with van der Waals surface area (Å²) in [5, 5.41) is 3.40. The lowest BCUT2D eigenvalue weighted by Gasteiger charge is -2.29. The van der Waals surface area contributed by atoms with E-state index >= 15 is 0 Å². The van der Waals surface area contributed by atoms with E-state index in [2.05, 4.69) is 27.8 Å². The summed E-state index contributed by atoms with van der Waals surface area (Å²) in [6, 6.07) is 8.02. The molecular weight excluding hydrogens is 381 g/mol. The van der Waals surface area contributed by atoms with Gasteiger partial charge >= 0.3 is 0 Å². The van der Waals surface area contributed by atoms with Gasteiger partial charge < -0.3 is 25.3 Å². The Balaban J connectivity index is 1.85. The Labute approximate surface area is 176 Å². The summed E-state index contributed by atoms with van der Waals surface area (Å²) in [4.78, 5) is 7.32. The zero-order chi connectivity index (χ0) is 21.3. The van der Waals surface area contributed by atoms with Crippen molar-refractivity contribution in [1.82, 2.24) is 14.9 Å². The van der Waals surface area contributed by atoms with Crippen LogP contribution in [0.15, 0.2) is 24.3 Å². The lowest BCUT2D eigenvalue weighted by Crippen LogP contribution is -2.44. The first-order valence-corrected chi connectivity index (χ1v) is 10.5. The number of halogens is 1. The first kappa shape index (κ1) is 20.6. The highest BCUT2D eigenvalue weighted by Gasteiger charge is 2.22. The van der Waals surface area contributed by atoms with Crippen molar-refractivity contribution in [3.63, 3.8) is 0 Å². The molecule has 0 radical (unpaired) electrons. The fraction of sp³-hybridized carbons (Fsp3) is 0.435. The van der Waals surface area contributed by atoms with E-state index in [1.54, 1.807) is 0 Å². The zero-order valence-corrected chi connectivity index (χ0v) is 18.0. The minimum Gasteiger partial charge on any atom is -0.490 e. The molecule has 1 saturated heterocycles. The number of hydrogen-bond donors (Lipinski definition) is 2. The van der Waals surface area contributed by atoms with Crippen LogP contribution in [0, 0.1) is 26.6 Å². The van der Waals surface area contributed by atoms with Crippen molar-refractivity contribution in [2.75, 3.05) is 44.2 Å². The number of piperazine rings is 1. The summed E-state index contributed by atoms with van der Waals surface area (Å²) in [5.74, 6) is 1.55. The van der Waals surface area contributed by atoms with E-state index in [0.717, 1.165) is 60.0 Å². The smallest absolute Gasteiger partial charge is 0.207 e. The molecule has 2 heterocycles. The van der Waals surface area contributed by atoms with Gasteiger partial charge in [0, 0.05) is 32.7 Å². The molecule has 1 aliphatic heterocycles. The van der Waals surface area contributed by atoms with Crippen LogP contribution < -0.4 is 20.7 Å². The third-order valence-corrected chi connectivity index (χ3v) is 5.56. The number of imidazole rings is 1. The van der Waals surface area contributed by atoms with E-state index in [9.17, 15) is 4.39 Å². The average Bonchev–Trinajstić information content (AvgIpc) is 3.09. The summed E-state index contributed by atoms with van der Waals surface area (Å²) in [6.45, 7) is 10.8. The number of fused-ring (bicyclic) bond motifs is 1. The zero-order valence-electron chi connectivity index (χ0n) is 18.0. The molecule has 30 heavy (non-hydrogen) atoms. The molecule has 0 saturated carbocycles. The van der Waals surface area contributed by atoms with Crippen LogP contribution in [0.1, 0.15) is 22.3 Å². The van der Waals surface area contributed by atoms with Gasteiger partial charge in [-0.2, -0.15) is 0 Å². The molecule has 0 unspecified atom stereocenters. The van der Waals surface area contributed by atoms with Crippen molar-refractivity contribution in [1.29, 1.82) is 0 Å². The van der Waals surface area contributed by atoms with E-state index in [-0.39, 0.29) is 5.82 Å². The molecule has 0 aliphatic carbocycles. The molecular formula is C23H30FN5O. The number of anilines is 1. The van der Waals surface area contributed by atoms with Gasteiger partial charge in [-0.25, -0.2) is 9.37 Å². The summed E-state index contributed by atoms with van der Waals surface area (Å²) < 4.78 is 22.3. The topological polar surface area (TPSA) is 68.3 Å². The molecule has 4 rings (SSSR count).